The number of anilines is 1. The van der Waals surface area contributed by atoms with E-state index in [2.05, 4.69) is 45.9 Å². The highest BCUT2D eigenvalue weighted by Crippen LogP contribution is 2.22. The molecule has 0 N–H and O–H groups in total. The summed E-state index contributed by atoms with van der Waals surface area (Å²) in [7, 11) is 2.12. The molecule has 0 radical (unpaired) electrons. The molecule has 0 spiro atoms. The molecule has 2 heterocycles. The Hall–Kier alpha value is -0.610. The fourth-order valence-corrected chi connectivity index (χ4v) is 2.48. The molecule has 0 aliphatic carbocycles. The summed E-state index contributed by atoms with van der Waals surface area (Å²) in [5.41, 5.74) is 1.23. The highest BCUT2D eigenvalue weighted by Gasteiger charge is 2.14. The average molecular weight is 313 g/mol. The molecular formula is C14H21BrN2O. The van der Waals surface area contributed by atoms with Crippen LogP contribution in [0.15, 0.2) is 16.7 Å². The van der Waals surface area contributed by atoms with Crippen molar-refractivity contribution in [2.24, 2.45) is 5.92 Å². The van der Waals surface area contributed by atoms with Gasteiger partial charge in [-0.2, -0.15) is 0 Å². The van der Waals surface area contributed by atoms with E-state index in [1.165, 1.54) is 24.8 Å². The van der Waals surface area contributed by atoms with E-state index in [0.29, 0.717) is 0 Å². The molecule has 1 saturated heterocycles. The lowest BCUT2D eigenvalue weighted by Crippen LogP contribution is -2.24. The SMILES string of the molecule is Cc1cc(N(C)CCC2CCOCC2)ncc1Br. The average Bonchev–Trinajstić information content (AvgIpc) is 2.40. The standard InChI is InChI=1S/C14H21BrN2O/c1-11-9-14(16-10-13(11)15)17(2)6-3-12-4-7-18-8-5-12/h9-10,12H,3-8H2,1-2H3. The van der Waals surface area contributed by atoms with Crippen molar-refractivity contribution in [2.75, 3.05) is 31.7 Å². The summed E-state index contributed by atoms with van der Waals surface area (Å²) < 4.78 is 6.46. The van der Waals surface area contributed by atoms with Crippen molar-refractivity contribution < 1.29 is 4.74 Å². The van der Waals surface area contributed by atoms with E-state index in [4.69, 9.17) is 4.74 Å². The third-order valence-electron chi connectivity index (χ3n) is 3.64. The molecule has 4 heteroatoms. The highest BCUT2D eigenvalue weighted by molar-refractivity contribution is 9.10. The summed E-state index contributed by atoms with van der Waals surface area (Å²) in [5, 5.41) is 0. The predicted molar refractivity (Wildman–Crippen MR) is 78.1 cm³/mol. The van der Waals surface area contributed by atoms with Gasteiger partial charge in [-0.15, -0.1) is 0 Å². The molecule has 0 saturated carbocycles. The van der Waals surface area contributed by atoms with E-state index in [9.17, 15) is 0 Å². The smallest absolute Gasteiger partial charge is 0.128 e. The van der Waals surface area contributed by atoms with Gasteiger partial charge in [0.05, 0.1) is 0 Å². The number of halogens is 1. The minimum Gasteiger partial charge on any atom is -0.381 e. The van der Waals surface area contributed by atoms with Crippen LogP contribution in [0, 0.1) is 12.8 Å². The summed E-state index contributed by atoms with van der Waals surface area (Å²) >= 11 is 3.49. The molecule has 100 valence electrons. The quantitative estimate of drug-likeness (QED) is 0.852. The van der Waals surface area contributed by atoms with E-state index in [1.54, 1.807) is 0 Å². The Morgan fingerprint density at radius 3 is 2.83 bits per heavy atom. The molecule has 1 aromatic heterocycles. The minimum absolute atomic E-state index is 0.817. The maximum Gasteiger partial charge on any atom is 0.128 e. The van der Waals surface area contributed by atoms with Crippen molar-refractivity contribution in [1.82, 2.24) is 4.98 Å². The second kappa shape index (κ2) is 6.53. The van der Waals surface area contributed by atoms with Crippen molar-refractivity contribution in [2.45, 2.75) is 26.2 Å². The van der Waals surface area contributed by atoms with Crippen LogP contribution < -0.4 is 4.90 Å². The van der Waals surface area contributed by atoms with Gasteiger partial charge in [-0.1, -0.05) is 0 Å². The van der Waals surface area contributed by atoms with Gasteiger partial charge >= 0.3 is 0 Å². The molecule has 1 aliphatic heterocycles. The van der Waals surface area contributed by atoms with Gasteiger partial charge < -0.3 is 9.64 Å². The van der Waals surface area contributed by atoms with Crippen LogP contribution in [0.2, 0.25) is 0 Å². The first-order chi connectivity index (χ1) is 8.66. The van der Waals surface area contributed by atoms with E-state index < -0.39 is 0 Å². The number of hydrogen-bond acceptors (Lipinski definition) is 3. The predicted octanol–water partition coefficient (Wildman–Crippen LogP) is 3.41. The number of rotatable bonds is 4. The molecular weight excluding hydrogens is 292 g/mol. The first-order valence-electron chi connectivity index (χ1n) is 6.58. The summed E-state index contributed by atoms with van der Waals surface area (Å²) in [6, 6.07) is 2.13. The number of nitrogens with zero attached hydrogens (tertiary/aromatic N) is 2. The summed E-state index contributed by atoms with van der Waals surface area (Å²) in [6.07, 6.45) is 5.54. The van der Waals surface area contributed by atoms with Gasteiger partial charge in [-0.25, -0.2) is 4.98 Å². The molecule has 0 bridgehead atoms. The van der Waals surface area contributed by atoms with Gasteiger partial charge in [0.1, 0.15) is 5.82 Å². The Labute approximate surface area is 118 Å². The maximum atomic E-state index is 5.39. The van der Waals surface area contributed by atoms with Gasteiger partial charge in [-0.3, -0.25) is 0 Å². The van der Waals surface area contributed by atoms with Crippen molar-refractivity contribution >= 4 is 21.7 Å². The van der Waals surface area contributed by atoms with Crippen molar-refractivity contribution in [3.63, 3.8) is 0 Å². The van der Waals surface area contributed by atoms with Gasteiger partial charge in [0.2, 0.25) is 0 Å². The zero-order chi connectivity index (χ0) is 13.0. The molecule has 0 aromatic carbocycles. The summed E-state index contributed by atoms with van der Waals surface area (Å²) in [5.74, 6) is 1.88. The van der Waals surface area contributed by atoms with Crippen LogP contribution in [0.25, 0.3) is 0 Å². The second-order valence-electron chi connectivity index (χ2n) is 5.06. The van der Waals surface area contributed by atoms with Crippen LogP contribution in [-0.2, 0) is 4.74 Å². The molecule has 2 rings (SSSR count). The topological polar surface area (TPSA) is 25.4 Å². The fourth-order valence-electron chi connectivity index (χ4n) is 2.26. The molecule has 3 nitrogen and oxygen atoms in total. The van der Waals surface area contributed by atoms with Crippen molar-refractivity contribution in [3.05, 3.63) is 22.3 Å². The Morgan fingerprint density at radius 1 is 1.44 bits per heavy atom. The second-order valence-corrected chi connectivity index (χ2v) is 5.91. The van der Waals surface area contributed by atoms with Gasteiger partial charge in [0.15, 0.2) is 0 Å². The molecule has 1 aliphatic rings. The van der Waals surface area contributed by atoms with Gasteiger partial charge in [-0.05, 0) is 59.7 Å². The Bertz CT molecular complexity index is 391. The van der Waals surface area contributed by atoms with Crippen LogP contribution in [0.4, 0.5) is 5.82 Å². The number of ether oxygens (including phenoxy) is 1. The van der Waals surface area contributed by atoms with Crippen LogP contribution >= 0.6 is 15.9 Å². The Kier molecular flexibility index (Phi) is 5.01. The maximum absolute atomic E-state index is 5.39. The molecule has 1 fully saturated rings. The molecule has 0 amide bonds. The number of pyridine rings is 1. The number of hydrogen-bond donors (Lipinski definition) is 0. The molecule has 18 heavy (non-hydrogen) atoms. The van der Waals surface area contributed by atoms with E-state index >= 15 is 0 Å². The lowest BCUT2D eigenvalue weighted by atomic mass is 9.96. The van der Waals surface area contributed by atoms with E-state index in [1.807, 2.05) is 6.20 Å². The molecule has 0 unspecified atom stereocenters. The lowest BCUT2D eigenvalue weighted by molar-refractivity contribution is 0.0645. The van der Waals surface area contributed by atoms with Crippen LogP contribution in [0.1, 0.15) is 24.8 Å². The fraction of sp³-hybridized carbons (Fsp3) is 0.643. The zero-order valence-corrected chi connectivity index (χ0v) is 12.7. The normalized spacial score (nSPS) is 16.8. The summed E-state index contributed by atoms with van der Waals surface area (Å²) in [6.45, 7) is 5.04. The lowest BCUT2D eigenvalue weighted by Gasteiger charge is -2.25. The molecule has 1 aromatic rings. The van der Waals surface area contributed by atoms with Crippen LogP contribution in [-0.4, -0.2) is 31.8 Å². The number of aryl methyl sites for hydroxylation is 1. The third-order valence-corrected chi connectivity index (χ3v) is 4.47. The monoisotopic (exact) mass is 312 g/mol. The van der Waals surface area contributed by atoms with Crippen LogP contribution in [0.3, 0.4) is 0 Å². The van der Waals surface area contributed by atoms with Gasteiger partial charge in [0.25, 0.3) is 0 Å². The summed E-state index contributed by atoms with van der Waals surface area (Å²) in [4.78, 5) is 6.70. The Balaban J connectivity index is 1.86. The first-order valence-corrected chi connectivity index (χ1v) is 7.37. The van der Waals surface area contributed by atoms with Crippen LogP contribution in [0.5, 0.6) is 0 Å². The van der Waals surface area contributed by atoms with Crippen molar-refractivity contribution in [1.29, 1.82) is 0 Å². The van der Waals surface area contributed by atoms with E-state index in [0.717, 1.165) is 36.0 Å². The molecule has 0 atom stereocenters. The number of aromatic nitrogens is 1. The first kappa shape index (κ1) is 13.8. The van der Waals surface area contributed by atoms with Gasteiger partial charge in [0, 0.05) is 37.5 Å². The largest absolute Gasteiger partial charge is 0.381 e. The Morgan fingerprint density at radius 2 is 2.17 bits per heavy atom. The highest BCUT2D eigenvalue weighted by atomic mass is 79.9. The van der Waals surface area contributed by atoms with E-state index in [-0.39, 0.29) is 0 Å². The van der Waals surface area contributed by atoms with Crippen molar-refractivity contribution in [3.8, 4) is 0 Å². The zero-order valence-electron chi connectivity index (χ0n) is 11.2. The third kappa shape index (κ3) is 3.69. The minimum atomic E-state index is 0.817.